The number of nitrogens with zero attached hydrogens (tertiary/aromatic N) is 4. The molecule has 6 nitrogen and oxygen atoms in total. The van der Waals surface area contributed by atoms with Gasteiger partial charge in [0.05, 0.1) is 5.69 Å². The summed E-state index contributed by atoms with van der Waals surface area (Å²) in [6.45, 7) is 3.44. The Kier molecular flexibility index (Phi) is 3.29. The highest BCUT2D eigenvalue weighted by Crippen LogP contribution is 2.25. The second-order valence-corrected chi connectivity index (χ2v) is 5.18. The minimum absolute atomic E-state index is 0.266. The fourth-order valence-corrected chi connectivity index (χ4v) is 2.53. The van der Waals surface area contributed by atoms with E-state index in [1.54, 1.807) is 23.9 Å². The molecule has 0 bridgehead atoms. The quantitative estimate of drug-likeness (QED) is 0.754. The zero-order valence-electron chi connectivity index (χ0n) is 12.6. The monoisotopic (exact) mass is 296 g/mol. The van der Waals surface area contributed by atoms with Crippen LogP contribution in [0.2, 0.25) is 0 Å². The lowest BCUT2D eigenvalue weighted by Gasteiger charge is -2.07. The number of hydrogen-bond donors (Lipinski definition) is 1. The highest BCUT2D eigenvalue weighted by molar-refractivity contribution is 5.92. The molecule has 0 saturated carbocycles. The fourth-order valence-electron chi connectivity index (χ4n) is 2.53. The summed E-state index contributed by atoms with van der Waals surface area (Å²) in [4.78, 5) is 15.5. The third kappa shape index (κ3) is 2.18. The molecule has 22 heavy (non-hydrogen) atoms. The lowest BCUT2D eigenvalue weighted by atomic mass is 10.1. The molecular formula is C16H16N4O2. The summed E-state index contributed by atoms with van der Waals surface area (Å²) in [5.41, 5.74) is 2.64. The van der Waals surface area contributed by atoms with Gasteiger partial charge in [-0.3, -0.25) is 9.25 Å². The summed E-state index contributed by atoms with van der Waals surface area (Å²) < 4.78 is 3.67. The summed E-state index contributed by atoms with van der Waals surface area (Å²) >= 11 is 0. The van der Waals surface area contributed by atoms with Crippen LogP contribution in [0.3, 0.4) is 0 Å². The Labute approximate surface area is 127 Å². The van der Waals surface area contributed by atoms with Crippen molar-refractivity contribution in [3.05, 3.63) is 47.4 Å². The largest absolute Gasteiger partial charge is 0.478 e. The van der Waals surface area contributed by atoms with Gasteiger partial charge in [-0.2, -0.15) is 5.10 Å². The molecule has 0 spiro atoms. The number of aryl methyl sites for hydroxylation is 2. The van der Waals surface area contributed by atoms with Crippen LogP contribution in [0, 0.1) is 6.92 Å². The minimum Gasteiger partial charge on any atom is -0.478 e. The number of pyridine rings is 1. The first-order valence-corrected chi connectivity index (χ1v) is 6.86. The van der Waals surface area contributed by atoms with Crippen molar-refractivity contribution in [2.75, 3.05) is 0 Å². The van der Waals surface area contributed by atoms with Crippen molar-refractivity contribution in [1.29, 1.82) is 0 Å². The molecule has 112 valence electrons. The van der Waals surface area contributed by atoms with Crippen LogP contribution in [0.1, 0.15) is 18.2 Å². The summed E-state index contributed by atoms with van der Waals surface area (Å²) in [5.74, 6) is -0.142. The molecule has 0 atom stereocenters. The molecule has 3 aromatic rings. The van der Waals surface area contributed by atoms with Crippen molar-refractivity contribution < 1.29 is 9.90 Å². The average molecular weight is 296 g/mol. The van der Waals surface area contributed by atoms with Crippen molar-refractivity contribution in [3.63, 3.8) is 0 Å². The molecular weight excluding hydrogens is 280 g/mol. The standard InChI is InChI=1S/C16H16N4O2/c1-10(16(21)22)9-13-11(2)18-19(3)15(13)20-8-6-12-5-4-7-17-14(12)20/h4-9H,1-3H3,(H,21,22). The number of fused-ring (bicyclic) bond motifs is 1. The van der Waals surface area contributed by atoms with E-state index in [0.717, 1.165) is 28.1 Å². The van der Waals surface area contributed by atoms with Gasteiger partial charge in [0.25, 0.3) is 0 Å². The molecule has 0 aliphatic carbocycles. The number of carbonyl (C=O) groups is 1. The first kappa shape index (κ1) is 14.1. The predicted molar refractivity (Wildman–Crippen MR) is 83.9 cm³/mol. The lowest BCUT2D eigenvalue weighted by molar-refractivity contribution is -0.132. The third-order valence-electron chi connectivity index (χ3n) is 3.61. The van der Waals surface area contributed by atoms with Crippen molar-refractivity contribution >= 4 is 23.1 Å². The van der Waals surface area contributed by atoms with E-state index in [4.69, 9.17) is 5.11 Å². The fraction of sp³-hybridized carbons (Fsp3) is 0.188. The van der Waals surface area contributed by atoms with E-state index in [-0.39, 0.29) is 5.57 Å². The van der Waals surface area contributed by atoms with Gasteiger partial charge in [-0.05, 0) is 38.1 Å². The highest BCUT2D eigenvalue weighted by Gasteiger charge is 2.16. The van der Waals surface area contributed by atoms with Crippen LogP contribution in [0.4, 0.5) is 0 Å². The van der Waals surface area contributed by atoms with Crippen LogP contribution < -0.4 is 0 Å². The number of aromatic nitrogens is 4. The molecule has 0 aliphatic rings. The summed E-state index contributed by atoms with van der Waals surface area (Å²) in [7, 11) is 1.84. The van der Waals surface area contributed by atoms with E-state index in [9.17, 15) is 4.79 Å². The van der Waals surface area contributed by atoms with Gasteiger partial charge >= 0.3 is 5.97 Å². The maximum absolute atomic E-state index is 11.1. The smallest absolute Gasteiger partial charge is 0.331 e. The van der Waals surface area contributed by atoms with Crippen molar-refractivity contribution in [1.82, 2.24) is 19.3 Å². The first-order valence-electron chi connectivity index (χ1n) is 6.86. The van der Waals surface area contributed by atoms with Crippen molar-refractivity contribution in [2.45, 2.75) is 13.8 Å². The van der Waals surface area contributed by atoms with Crippen LogP contribution in [0.15, 0.2) is 36.2 Å². The van der Waals surface area contributed by atoms with Crippen LogP contribution in [-0.2, 0) is 11.8 Å². The van der Waals surface area contributed by atoms with Crippen LogP contribution >= 0.6 is 0 Å². The lowest BCUT2D eigenvalue weighted by Crippen LogP contribution is -2.04. The molecule has 0 aromatic carbocycles. The highest BCUT2D eigenvalue weighted by atomic mass is 16.4. The summed E-state index contributed by atoms with van der Waals surface area (Å²) in [5, 5.41) is 14.6. The summed E-state index contributed by atoms with van der Waals surface area (Å²) in [6, 6.07) is 5.85. The molecule has 3 rings (SSSR count). The number of hydrogen-bond acceptors (Lipinski definition) is 3. The topological polar surface area (TPSA) is 72.9 Å². The minimum atomic E-state index is -0.940. The van der Waals surface area contributed by atoms with Crippen LogP contribution in [0.5, 0.6) is 0 Å². The maximum atomic E-state index is 11.1. The molecule has 3 aromatic heterocycles. The second kappa shape index (κ2) is 5.14. The molecule has 0 amide bonds. The Balaban J connectivity index is 2.28. The molecule has 0 fully saturated rings. The van der Waals surface area contributed by atoms with Gasteiger partial charge in [-0.1, -0.05) is 0 Å². The average Bonchev–Trinajstić information content (AvgIpc) is 3.00. The molecule has 3 heterocycles. The van der Waals surface area contributed by atoms with Gasteiger partial charge in [-0.15, -0.1) is 0 Å². The number of carboxylic acid groups (broad SMARTS) is 1. The second-order valence-electron chi connectivity index (χ2n) is 5.18. The van der Waals surface area contributed by atoms with Gasteiger partial charge in [-0.25, -0.2) is 9.78 Å². The number of rotatable bonds is 3. The van der Waals surface area contributed by atoms with E-state index >= 15 is 0 Å². The predicted octanol–water partition coefficient (Wildman–Crippen LogP) is 2.56. The van der Waals surface area contributed by atoms with E-state index < -0.39 is 5.97 Å². The Bertz CT molecular complexity index is 902. The third-order valence-corrected chi connectivity index (χ3v) is 3.61. The van der Waals surface area contributed by atoms with Gasteiger partial charge < -0.3 is 5.11 Å². The molecule has 0 unspecified atom stereocenters. The Morgan fingerprint density at radius 3 is 2.86 bits per heavy atom. The molecule has 6 heteroatoms. The number of carboxylic acids is 1. The molecule has 0 radical (unpaired) electrons. The van der Waals surface area contributed by atoms with E-state index in [1.807, 2.05) is 42.9 Å². The number of aliphatic carboxylic acids is 1. The first-order chi connectivity index (χ1) is 10.5. The van der Waals surface area contributed by atoms with E-state index in [0.29, 0.717) is 0 Å². The van der Waals surface area contributed by atoms with Crippen LogP contribution in [-0.4, -0.2) is 30.4 Å². The normalized spacial score (nSPS) is 12.0. The Hall–Kier alpha value is -2.89. The molecule has 1 N–H and O–H groups in total. The van der Waals surface area contributed by atoms with Gasteiger partial charge in [0.1, 0.15) is 11.5 Å². The van der Waals surface area contributed by atoms with E-state index in [1.165, 1.54) is 0 Å². The SMILES string of the molecule is CC(=Cc1c(C)nn(C)c1-n1ccc2cccnc21)C(=O)O. The Morgan fingerprint density at radius 2 is 2.14 bits per heavy atom. The van der Waals surface area contributed by atoms with Gasteiger partial charge in [0, 0.05) is 36.0 Å². The summed E-state index contributed by atoms with van der Waals surface area (Å²) in [6.07, 6.45) is 5.30. The maximum Gasteiger partial charge on any atom is 0.331 e. The van der Waals surface area contributed by atoms with Crippen molar-refractivity contribution in [3.8, 4) is 5.82 Å². The van der Waals surface area contributed by atoms with Crippen molar-refractivity contribution in [2.24, 2.45) is 7.05 Å². The molecule has 0 aliphatic heterocycles. The molecule has 0 saturated heterocycles. The Morgan fingerprint density at radius 1 is 1.36 bits per heavy atom. The zero-order chi connectivity index (χ0) is 15.9. The van der Waals surface area contributed by atoms with Gasteiger partial charge in [0.15, 0.2) is 0 Å². The zero-order valence-corrected chi connectivity index (χ0v) is 12.6. The van der Waals surface area contributed by atoms with E-state index in [2.05, 4.69) is 10.1 Å². The van der Waals surface area contributed by atoms with Crippen LogP contribution in [0.25, 0.3) is 22.9 Å². The van der Waals surface area contributed by atoms with Gasteiger partial charge in [0.2, 0.25) is 0 Å².